The molecule has 0 heterocycles. The minimum Gasteiger partial charge on any atom is -0.462 e. The number of nitrogens with one attached hydrogen (secondary N) is 2. The van der Waals surface area contributed by atoms with Gasteiger partial charge in [0.25, 0.3) is 0 Å². The standard InChI is InChI=1S/C19H22N2O2S/c1-4-23-18(22)16-10-11-17(13(2)12-16)21-19(24)20-14(3)15-8-6-5-7-9-15/h5-12,14H,4H2,1-3H3,(H2,20,21,24)/t14-/m0/s1. The normalized spacial score (nSPS) is 11.5. The van der Waals surface area contributed by atoms with Crippen LogP contribution < -0.4 is 10.6 Å². The van der Waals surface area contributed by atoms with Crippen molar-refractivity contribution >= 4 is 29.0 Å². The van der Waals surface area contributed by atoms with E-state index in [1.165, 1.54) is 0 Å². The van der Waals surface area contributed by atoms with E-state index in [0.29, 0.717) is 17.3 Å². The summed E-state index contributed by atoms with van der Waals surface area (Å²) in [6.07, 6.45) is 0. The van der Waals surface area contributed by atoms with E-state index in [1.54, 1.807) is 19.1 Å². The Morgan fingerprint density at radius 2 is 1.92 bits per heavy atom. The van der Waals surface area contributed by atoms with Crippen molar-refractivity contribution in [2.24, 2.45) is 0 Å². The molecule has 0 amide bonds. The Morgan fingerprint density at radius 1 is 1.21 bits per heavy atom. The van der Waals surface area contributed by atoms with E-state index in [-0.39, 0.29) is 12.0 Å². The number of hydrogen-bond donors (Lipinski definition) is 2. The molecule has 0 unspecified atom stereocenters. The topological polar surface area (TPSA) is 50.4 Å². The van der Waals surface area contributed by atoms with Gasteiger partial charge < -0.3 is 15.4 Å². The largest absolute Gasteiger partial charge is 0.462 e. The molecule has 0 bridgehead atoms. The minimum atomic E-state index is -0.314. The fourth-order valence-electron chi connectivity index (χ4n) is 2.33. The summed E-state index contributed by atoms with van der Waals surface area (Å²) in [6, 6.07) is 15.6. The molecule has 0 aliphatic heterocycles. The summed E-state index contributed by atoms with van der Waals surface area (Å²) in [7, 11) is 0. The summed E-state index contributed by atoms with van der Waals surface area (Å²) in [5, 5.41) is 6.98. The highest BCUT2D eigenvalue weighted by atomic mass is 32.1. The zero-order chi connectivity index (χ0) is 17.5. The Labute approximate surface area is 148 Å². The first-order chi connectivity index (χ1) is 11.5. The third-order valence-electron chi connectivity index (χ3n) is 3.63. The van der Waals surface area contributed by atoms with Crippen LogP contribution in [0.4, 0.5) is 5.69 Å². The maximum atomic E-state index is 11.8. The van der Waals surface area contributed by atoms with E-state index in [9.17, 15) is 4.79 Å². The predicted octanol–water partition coefficient (Wildman–Crippen LogP) is 4.22. The molecular formula is C19H22N2O2S. The van der Waals surface area contributed by atoms with Crippen molar-refractivity contribution in [3.8, 4) is 0 Å². The molecule has 1 atom stereocenters. The second-order valence-corrected chi connectivity index (χ2v) is 5.89. The Balaban J connectivity index is 2.00. The summed E-state index contributed by atoms with van der Waals surface area (Å²) < 4.78 is 5.01. The first kappa shape index (κ1) is 17.9. The van der Waals surface area contributed by atoms with Crippen molar-refractivity contribution in [1.82, 2.24) is 5.32 Å². The highest BCUT2D eigenvalue weighted by Gasteiger charge is 2.10. The van der Waals surface area contributed by atoms with Crippen LogP contribution in [0.2, 0.25) is 0 Å². The van der Waals surface area contributed by atoms with Crippen molar-refractivity contribution in [3.05, 3.63) is 65.2 Å². The molecule has 0 radical (unpaired) electrons. The lowest BCUT2D eigenvalue weighted by atomic mass is 10.1. The fraction of sp³-hybridized carbons (Fsp3) is 0.263. The Morgan fingerprint density at radius 3 is 2.54 bits per heavy atom. The van der Waals surface area contributed by atoms with Gasteiger partial charge in [0.15, 0.2) is 5.11 Å². The van der Waals surface area contributed by atoms with Gasteiger partial charge in [-0.05, 0) is 62.3 Å². The molecule has 0 saturated carbocycles. The van der Waals surface area contributed by atoms with Crippen LogP contribution in [0.5, 0.6) is 0 Å². The first-order valence-corrected chi connectivity index (χ1v) is 8.32. The lowest BCUT2D eigenvalue weighted by Crippen LogP contribution is -2.31. The van der Waals surface area contributed by atoms with Crippen LogP contribution in [0.25, 0.3) is 0 Å². The molecule has 0 spiro atoms. The van der Waals surface area contributed by atoms with Crippen LogP contribution in [0, 0.1) is 6.92 Å². The molecule has 24 heavy (non-hydrogen) atoms. The molecule has 5 heteroatoms. The summed E-state index contributed by atoms with van der Waals surface area (Å²) in [5.74, 6) is -0.314. The Hall–Kier alpha value is -2.40. The maximum absolute atomic E-state index is 11.8. The van der Waals surface area contributed by atoms with Crippen molar-refractivity contribution < 1.29 is 9.53 Å². The van der Waals surface area contributed by atoms with E-state index in [2.05, 4.69) is 29.7 Å². The molecule has 0 aromatic heterocycles. The quantitative estimate of drug-likeness (QED) is 0.629. The van der Waals surface area contributed by atoms with Crippen molar-refractivity contribution in [2.45, 2.75) is 26.8 Å². The molecule has 2 rings (SSSR count). The zero-order valence-electron chi connectivity index (χ0n) is 14.1. The van der Waals surface area contributed by atoms with Crippen LogP contribution in [-0.2, 0) is 4.74 Å². The second-order valence-electron chi connectivity index (χ2n) is 5.48. The number of rotatable bonds is 5. The number of hydrogen-bond acceptors (Lipinski definition) is 3. The molecule has 0 aliphatic rings. The Bertz CT molecular complexity index is 717. The fourth-order valence-corrected chi connectivity index (χ4v) is 2.61. The summed E-state index contributed by atoms with van der Waals surface area (Å²) in [4.78, 5) is 11.8. The number of esters is 1. The molecule has 2 N–H and O–H groups in total. The highest BCUT2D eigenvalue weighted by molar-refractivity contribution is 7.80. The van der Waals surface area contributed by atoms with E-state index in [0.717, 1.165) is 16.8 Å². The van der Waals surface area contributed by atoms with Crippen LogP contribution >= 0.6 is 12.2 Å². The zero-order valence-corrected chi connectivity index (χ0v) is 14.9. The third-order valence-corrected chi connectivity index (χ3v) is 3.85. The van der Waals surface area contributed by atoms with Gasteiger partial charge in [0.1, 0.15) is 0 Å². The van der Waals surface area contributed by atoms with Crippen molar-refractivity contribution in [3.63, 3.8) is 0 Å². The number of carbonyl (C=O) groups excluding carboxylic acids is 1. The molecule has 2 aromatic carbocycles. The molecular weight excluding hydrogens is 320 g/mol. The monoisotopic (exact) mass is 342 g/mol. The second kappa shape index (κ2) is 8.45. The van der Waals surface area contributed by atoms with Crippen LogP contribution in [0.3, 0.4) is 0 Å². The average molecular weight is 342 g/mol. The molecule has 0 fully saturated rings. The number of carbonyl (C=O) groups is 1. The van der Waals surface area contributed by atoms with Gasteiger partial charge in [-0.3, -0.25) is 0 Å². The molecule has 2 aromatic rings. The average Bonchev–Trinajstić information content (AvgIpc) is 2.57. The number of benzene rings is 2. The lowest BCUT2D eigenvalue weighted by Gasteiger charge is -2.18. The summed E-state index contributed by atoms with van der Waals surface area (Å²) in [5.41, 5.74) is 3.49. The van der Waals surface area contributed by atoms with Gasteiger partial charge in [-0.2, -0.15) is 0 Å². The van der Waals surface area contributed by atoms with E-state index < -0.39 is 0 Å². The van der Waals surface area contributed by atoms with Gasteiger partial charge in [0, 0.05) is 5.69 Å². The van der Waals surface area contributed by atoms with Crippen molar-refractivity contribution in [2.75, 3.05) is 11.9 Å². The summed E-state index contributed by atoms with van der Waals surface area (Å²) >= 11 is 5.38. The third kappa shape index (κ3) is 4.80. The molecule has 126 valence electrons. The van der Waals surface area contributed by atoms with E-state index in [1.807, 2.05) is 31.2 Å². The number of thiocarbonyl (C=S) groups is 1. The highest BCUT2D eigenvalue weighted by Crippen LogP contribution is 2.18. The van der Waals surface area contributed by atoms with Gasteiger partial charge in [0.05, 0.1) is 18.2 Å². The molecule has 4 nitrogen and oxygen atoms in total. The summed E-state index contributed by atoms with van der Waals surface area (Å²) in [6.45, 7) is 6.14. The van der Waals surface area contributed by atoms with Crippen molar-refractivity contribution in [1.29, 1.82) is 0 Å². The lowest BCUT2D eigenvalue weighted by molar-refractivity contribution is 0.0526. The van der Waals surface area contributed by atoms with E-state index in [4.69, 9.17) is 17.0 Å². The van der Waals surface area contributed by atoms with Gasteiger partial charge >= 0.3 is 5.97 Å². The number of ether oxygens (including phenoxy) is 1. The van der Waals surface area contributed by atoms with E-state index >= 15 is 0 Å². The van der Waals surface area contributed by atoms with Gasteiger partial charge in [-0.15, -0.1) is 0 Å². The Kier molecular flexibility index (Phi) is 6.32. The molecule has 0 aliphatic carbocycles. The van der Waals surface area contributed by atoms with Crippen LogP contribution in [0.1, 0.15) is 41.4 Å². The predicted molar refractivity (Wildman–Crippen MR) is 101 cm³/mol. The van der Waals surface area contributed by atoms with Crippen LogP contribution in [-0.4, -0.2) is 17.7 Å². The number of anilines is 1. The smallest absolute Gasteiger partial charge is 0.338 e. The molecule has 0 saturated heterocycles. The van der Waals surface area contributed by atoms with Gasteiger partial charge in [0.2, 0.25) is 0 Å². The maximum Gasteiger partial charge on any atom is 0.338 e. The minimum absolute atomic E-state index is 0.102. The number of aryl methyl sites for hydroxylation is 1. The SMILES string of the molecule is CCOC(=O)c1ccc(NC(=S)N[C@@H](C)c2ccccc2)c(C)c1. The first-order valence-electron chi connectivity index (χ1n) is 7.91. The van der Waals surface area contributed by atoms with Gasteiger partial charge in [-0.1, -0.05) is 30.3 Å². The van der Waals surface area contributed by atoms with Gasteiger partial charge in [-0.25, -0.2) is 4.79 Å². The van der Waals surface area contributed by atoms with Crippen LogP contribution in [0.15, 0.2) is 48.5 Å².